The molecule has 1 aromatic heterocycles. The molecule has 4 nitrogen and oxygen atoms in total. The maximum absolute atomic E-state index is 13.8. The van der Waals surface area contributed by atoms with Crippen LogP contribution in [0.1, 0.15) is 41.8 Å². The monoisotopic (exact) mass is 319 g/mol. The summed E-state index contributed by atoms with van der Waals surface area (Å²) in [6.45, 7) is 1.63. The van der Waals surface area contributed by atoms with Crippen molar-refractivity contribution >= 4 is 22.4 Å². The lowest BCUT2D eigenvalue weighted by molar-refractivity contribution is -0.117. The van der Waals surface area contributed by atoms with Crippen LogP contribution in [0.4, 0.5) is 9.52 Å². The fraction of sp³-hybridized carbons (Fsp3) is 0.375. The summed E-state index contributed by atoms with van der Waals surface area (Å²) >= 11 is 1.41. The third kappa shape index (κ3) is 3.34. The fourth-order valence-electron chi connectivity index (χ4n) is 2.25. The van der Waals surface area contributed by atoms with Gasteiger partial charge in [0.15, 0.2) is 5.13 Å². The number of benzene rings is 1. The number of halogens is 1. The van der Waals surface area contributed by atoms with Crippen LogP contribution in [0.15, 0.2) is 24.3 Å². The van der Waals surface area contributed by atoms with Gasteiger partial charge in [-0.2, -0.15) is 0 Å². The first-order chi connectivity index (χ1) is 10.5. The van der Waals surface area contributed by atoms with Gasteiger partial charge >= 0.3 is 0 Å². The summed E-state index contributed by atoms with van der Waals surface area (Å²) in [5.74, 6) is -0.0219. The molecular weight excluding hydrogens is 301 g/mol. The highest BCUT2D eigenvalue weighted by atomic mass is 32.1. The van der Waals surface area contributed by atoms with E-state index in [9.17, 15) is 9.18 Å². The number of nitrogens with two attached hydrogens (primary N) is 1. The van der Waals surface area contributed by atoms with Crippen molar-refractivity contribution in [3.05, 3.63) is 46.2 Å². The number of anilines is 1. The molecule has 6 heteroatoms. The Hall–Kier alpha value is -1.79. The van der Waals surface area contributed by atoms with E-state index in [1.807, 2.05) is 6.07 Å². The van der Waals surface area contributed by atoms with Gasteiger partial charge in [-0.15, -0.1) is 11.3 Å². The van der Waals surface area contributed by atoms with Crippen molar-refractivity contribution in [1.29, 1.82) is 0 Å². The molecule has 22 heavy (non-hydrogen) atoms. The molecule has 2 aromatic rings. The summed E-state index contributed by atoms with van der Waals surface area (Å²) in [4.78, 5) is 17.3. The first kappa shape index (κ1) is 15.1. The second kappa shape index (κ2) is 6.14. The lowest BCUT2D eigenvalue weighted by Crippen LogP contribution is -2.32. The van der Waals surface area contributed by atoms with Crippen molar-refractivity contribution in [2.24, 2.45) is 5.73 Å². The van der Waals surface area contributed by atoms with Crippen LogP contribution in [0.25, 0.3) is 0 Å². The van der Waals surface area contributed by atoms with Crippen LogP contribution in [0.5, 0.6) is 0 Å². The zero-order valence-electron chi connectivity index (χ0n) is 12.3. The molecule has 116 valence electrons. The lowest BCUT2D eigenvalue weighted by atomic mass is 10.1. The van der Waals surface area contributed by atoms with Crippen LogP contribution in [0.3, 0.4) is 0 Å². The third-order valence-corrected chi connectivity index (χ3v) is 4.63. The van der Waals surface area contributed by atoms with Gasteiger partial charge in [0.25, 0.3) is 0 Å². The zero-order chi connectivity index (χ0) is 15.7. The lowest BCUT2D eigenvalue weighted by Gasteiger charge is -2.03. The standard InChI is InChI=1S/C16H18FN3OS/c1-9(18)15(21)20-16-19-14(10-6-7-10)13(22-16)8-11-4-2-3-5-12(11)17/h2-5,9-10H,6-8,18H2,1H3,(H,19,20,21)/t9-/m1/s1. The molecule has 1 aliphatic carbocycles. The van der Waals surface area contributed by atoms with Gasteiger partial charge in [0.1, 0.15) is 5.82 Å². The molecule has 1 saturated carbocycles. The third-order valence-electron chi connectivity index (χ3n) is 3.64. The summed E-state index contributed by atoms with van der Waals surface area (Å²) in [5.41, 5.74) is 7.20. The first-order valence-electron chi connectivity index (χ1n) is 7.34. The van der Waals surface area contributed by atoms with E-state index >= 15 is 0 Å². The summed E-state index contributed by atoms with van der Waals surface area (Å²) < 4.78 is 13.8. The van der Waals surface area contributed by atoms with Crippen LogP contribution in [0.2, 0.25) is 0 Å². The molecule has 1 amide bonds. The van der Waals surface area contributed by atoms with Gasteiger partial charge in [0.05, 0.1) is 11.7 Å². The van der Waals surface area contributed by atoms with Crippen molar-refractivity contribution < 1.29 is 9.18 Å². The molecule has 0 aliphatic heterocycles. The minimum absolute atomic E-state index is 0.209. The van der Waals surface area contributed by atoms with Crippen LogP contribution in [-0.2, 0) is 11.2 Å². The van der Waals surface area contributed by atoms with Gasteiger partial charge in [0.2, 0.25) is 5.91 Å². The molecule has 0 unspecified atom stereocenters. The molecule has 0 spiro atoms. The largest absolute Gasteiger partial charge is 0.320 e. The highest BCUT2D eigenvalue weighted by Crippen LogP contribution is 2.44. The van der Waals surface area contributed by atoms with E-state index < -0.39 is 6.04 Å². The van der Waals surface area contributed by atoms with Crippen molar-refractivity contribution in [3.8, 4) is 0 Å². The predicted molar refractivity (Wildman–Crippen MR) is 85.6 cm³/mol. The van der Waals surface area contributed by atoms with Crippen molar-refractivity contribution in [1.82, 2.24) is 4.98 Å². The second-order valence-corrected chi connectivity index (χ2v) is 6.73. The number of aromatic nitrogens is 1. The van der Waals surface area contributed by atoms with E-state index in [1.54, 1.807) is 19.1 Å². The SMILES string of the molecule is C[C@@H](N)C(=O)Nc1nc(C2CC2)c(Cc2ccccc2F)s1. The van der Waals surface area contributed by atoms with Gasteiger partial charge in [-0.25, -0.2) is 9.37 Å². The zero-order valence-corrected chi connectivity index (χ0v) is 13.1. The Labute approximate surface area is 132 Å². The summed E-state index contributed by atoms with van der Waals surface area (Å²) in [5, 5.41) is 3.29. The van der Waals surface area contributed by atoms with Gasteiger partial charge in [0, 0.05) is 17.2 Å². The average molecular weight is 319 g/mol. The van der Waals surface area contributed by atoms with E-state index in [0.717, 1.165) is 23.4 Å². The number of nitrogens with one attached hydrogen (secondary N) is 1. The molecule has 1 heterocycles. The molecule has 3 N–H and O–H groups in total. The smallest absolute Gasteiger partial charge is 0.242 e. The van der Waals surface area contributed by atoms with Crippen molar-refractivity contribution in [2.75, 3.05) is 5.32 Å². The minimum Gasteiger partial charge on any atom is -0.320 e. The molecule has 1 fully saturated rings. The molecule has 0 saturated heterocycles. The Kier molecular flexibility index (Phi) is 4.22. The van der Waals surface area contributed by atoms with Crippen LogP contribution in [0, 0.1) is 5.82 Å². The number of amides is 1. The van der Waals surface area contributed by atoms with E-state index in [4.69, 9.17) is 5.73 Å². The number of carbonyl (C=O) groups is 1. The maximum atomic E-state index is 13.8. The number of nitrogens with zero attached hydrogens (tertiary/aromatic N) is 1. The van der Waals surface area contributed by atoms with E-state index in [0.29, 0.717) is 23.0 Å². The van der Waals surface area contributed by atoms with Gasteiger partial charge in [-0.3, -0.25) is 4.79 Å². The fourth-order valence-corrected chi connectivity index (χ4v) is 3.33. The maximum Gasteiger partial charge on any atom is 0.242 e. The predicted octanol–water partition coefficient (Wildman–Crippen LogP) is 3.04. The average Bonchev–Trinajstić information content (AvgIpc) is 3.24. The highest BCUT2D eigenvalue weighted by Gasteiger charge is 2.30. The number of rotatable bonds is 5. The molecule has 0 radical (unpaired) electrons. The molecule has 0 bridgehead atoms. The van der Waals surface area contributed by atoms with Crippen LogP contribution >= 0.6 is 11.3 Å². The Morgan fingerprint density at radius 3 is 2.86 bits per heavy atom. The Morgan fingerprint density at radius 2 is 2.23 bits per heavy atom. The normalized spacial score (nSPS) is 15.6. The highest BCUT2D eigenvalue weighted by molar-refractivity contribution is 7.15. The van der Waals surface area contributed by atoms with Crippen LogP contribution < -0.4 is 11.1 Å². The molecular formula is C16H18FN3OS. The summed E-state index contributed by atoms with van der Waals surface area (Å²) in [7, 11) is 0. The van der Waals surface area contributed by atoms with E-state index in [1.165, 1.54) is 17.4 Å². The molecule has 1 aliphatic rings. The van der Waals surface area contributed by atoms with Gasteiger partial charge < -0.3 is 11.1 Å². The van der Waals surface area contributed by atoms with Crippen molar-refractivity contribution in [3.63, 3.8) is 0 Å². The number of thiazole rings is 1. The van der Waals surface area contributed by atoms with Gasteiger partial charge in [-0.05, 0) is 31.4 Å². The first-order valence-corrected chi connectivity index (χ1v) is 8.15. The second-order valence-electron chi connectivity index (χ2n) is 5.65. The van der Waals surface area contributed by atoms with E-state index in [2.05, 4.69) is 10.3 Å². The topological polar surface area (TPSA) is 68.0 Å². The van der Waals surface area contributed by atoms with Crippen molar-refractivity contribution in [2.45, 2.75) is 38.1 Å². The minimum atomic E-state index is -0.580. The number of carbonyl (C=O) groups excluding carboxylic acids is 1. The molecule has 1 atom stereocenters. The Morgan fingerprint density at radius 1 is 1.50 bits per heavy atom. The van der Waals surface area contributed by atoms with Crippen LogP contribution in [-0.4, -0.2) is 16.9 Å². The Balaban J connectivity index is 1.85. The quantitative estimate of drug-likeness (QED) is 0.890. The summed E-state index contributed by atoms with van der Waals surface area (Å²) in [6.07, 6.45) is 2.72. The van der Waals surface area contributed by atoms with E-state index in [-0.39, 0.29) is 11.7 Å². The number of hydrogen-bond acceptors (Lipinski definition) is 4. The molecule has 3 rings (SSSR count). The summed E-state index contributed by atoms with van der Waals surface area (Å²) in [6, 6.07) is 6.18. The van der Waals surface area contributed by atoms with Gasteiger partial charge in [-0.1, -0.05) is 18.2 Å². The molecule has 1 aromatic carbocycles. The number of hydrogen-bond donors (Lipinski definition) is 2. The Bertz CT molecular complexity index is 694.